The number of hydrogen-bond acceptors (Lipinski definition) is 6. The summed E-state index contributed by atoms with van der Waals surface area (Å²) < 4.78 is 44.5. The largest absolute Gasteiger partial charge is 0.384 e. The van der Waals surface area contributed by atoms with Crippen molar-refractivity contribution < 1.29 is 22.4 Å². The Kier molecular flexibility index (Phi) is 7.05. The molecule has 1 amide bonds. The number of halogens is 1. The van der Waals surface area contributed by atoms with Gasteiger partial charge in [-0.2, -0.15) is 0 Å². The molecule has 0 atom stereocenters. The van der Waals surface area contributed by atoms with Gasteiger partial charge in [-0.1, -0.05) is 36.4 Å². The number of benzene rings is 2. The Morgan fingerprint density at radius 2 is 1.90 bits per heavy atom. The minimum Gasteiger partial charge on any atom is -0.384 e. The minimum absolute atomic E-state index is 0.0350. The lowest BCUT2D eigenvalue weighted by molar-refractivity contribution is -0.111. The van der Waals surface area contributed by atoms with Crippen LogP contribution in [0.15, 0.2) is 60.7 Å². The van der Waals surface area contributed by atoms with E-state index in [2.05, 4.69) is 9.71 Å². The Balaban J connectivity index is 1.86. The van der Waals surface area contributed by atoms with Crippen LogP contribution in [0.5, 0.6) is 0 Å². The zero-order chi connectivity index (χ0) is 28.8. The predicted octanol–water partition coefficient (Wildman–Crippen LogP) is 5.04. The number of rotatable bonds is 8. The topological polar surface area (TPSA) is 124 Å². The third-order valence-electron chi connectivity index (χ3n) is 7.01. The molecule has 8 nitrogen and oxygen atoms in total. The average molecular weight is 561 g/mol. The van der Waals surface area contributed by atoms with E-state index in [0.717, 1.165) is 5.39 Å². The number of carbonyl (C=O) groups is 2. The van der Waals surface area contributed by atoms with Crippen LogP contribution in [0.25, 0.3) is 27.4 Å². The maximum atomic E-state index is 15.0. The molecule has 1 fully saturated rings. The van der Waals surface area contributed by atoms with Crippen LogP contribution in [-0.4, -0.2) is 34.9 Å². The number of nitrogens with two attached hydrogens (primary N) is 1. The number of aromatic nitrogens is 2. The van der Waals surface area contributed by atoms with Crippen molar-refractivity contribution >= 4 is 54.9 Å². The molecule has 1 aliphatic carbocycles. The van der Waals surface area contributed by atoms with Crippen LogP contribution in [0.2, 0.25) is 0 Å². The number of pyridine rings is 1. The molecular weight excluding hydrogens is 531 g/mol. The second-order valence-corrected chi connectivity index (χ2v) is 12.0. The highest BCUT2D eigenvalue weighted by atomic mass is 32.2. The number of carbonyl (C=O) groups excluding carboxylic acids is 2. The lowest BCUT2D eigenvalue weighted by Gasteiger charge is -2.15. The Labute approximate surface area is 231 Å². The maximum absolute atomic E-state index is 15.0. The first kappa shape index (κ1) is 27.3. The molecule has 5 rings (SSSR count). The van der Waals surface area contributed by atoms with Crippen LogP contribution < -0.4 is 10.5 Å². The summed E-state index contributed by atoms with van der Waals surface area (Å²) in [5, 5.41) is 0.568. The second-order valence-electron chi connectivity index (χ2n) is 9.99. The number of Topliss-reactive ketones (excluding diaryl/α,β-unsaturated/α-hetero) is 1. The molecule has 2 aromatic carbocycles. The van der Waals surface area contributed by atoms with E-state index in [4.69, 9.17) is 5.73 Å². The van der Waals surface area contributed by atoms with Crippen LogP contribution in [0.1, 0.15) is 53.9 Å². The van der Waals surface area contributed by atoms with Crippen molar-refractivity contribution in [1.82, 2.24) is 14.3 Å². The summed E-state index contributed by atoms with van der Waals surface area (Å²) in [4.78, 5) is 31.2. The van der Waals surface area contributed by atoms with E-state index < -0.39 is 27.0 Å². The molecule has 40 heavy (non-hydrogen) atoms. The van der Waals surface area contributed by atoms with Crippen molar-refractivity contribution in [2.75, 3.05) is 5.73 Å². The molecular formula is C30H29FN4O4S. The van der Waals surface area contributed by atoms with Gasteiger partial charge in [-0.25, -0.2) is 22.5 Å². The van der Waals surface area contributed by atoms with Crippen molar-refractivity contribution in [3.8, 4) is 0 Å². The van der Waals surface area contributed by atoms with Gasteiger partial charge in [-0.15, -0.1) is 0 Å². The van der Waals surface area contributed by atoms with Gasteiger partial charge in [0.15, 0.2) is 5.78 Å². The standard InChI is InChI=1S/C30H29FN4O4S/c1-4-5-8-21(18(3)36)28-23-13-17(2)24(31)15-26(23)35(29(28)30(37)34-40(38,39)20-11-12-20)16-19-14-27(32)33-25-10-7-6-9-22(19)25/h4-10,13-15,20H,11-12,16H2,1-3H3,(H2,32,33)(H,34,37)/b5-4-,21-8+. The van der Waals surface area contributed by atoms with E-state index in [-0.39, 0.29) is 35.0 Å². The molecule has 0 unspecified atom stereocenters. The summed E-state index contributed by atoms with van der Waals surface area (Å²) in [5.41, 5.74) is 8.45. The van der Waals surface area contributed by atoms with E-state index in [1.54, 1.807) is 54.8 Å². The molecule has 4 aromatic rings. The third kappa shape index (κ3) is 5.02. The van der Waals surface area contributed by atoms with Gasteiger partial charge < -0.3 is 10.3 Å². The highest BCUT2D eigenvalue weighted by Gasteiger charge is 2.38. The first-order chi connectivity index (χ1) is 19.0. The minimum atomic E-state index is -3.93. The van der Waals surface area contributed by atoms with Crippen molar-refractivity contribution in [3.05, 3.63) is 88.9 Å². The van der Waals surface area contributed by atoms with E-state index in [0.29, 0.717) is 40.4 Å². The molecule has 1 aliphatic rings. The molecule has 0 spiro atoms. The molecule has 1 saturated carbocycles. The predicted molar refractivity (Wildman–Crippen MR) is 155 cm³/mol. The van der Waals surface area contributed by atoms with Crippen LogP contribution in [-0.2, 0) is 21.4 Å². The summed E-state index contributed by atoms with van der Waals surface area (Å²) in [6.07, 6.45) is 5.90. The number of amides is 1. The molecule has 2 heterocycles. The summed E-state index contributed by atoms with van der Waals surface area (Å²) in [7, 11) is -3.93. The molecule has 2 aromatic heterocycles. The number of nitrogen functional groups attached to an aromatic ring is 1. The van der Waals surface area contributed by atoms with Gasteiger partial charge in [0, 0.05) is 28.5 Å². The Morgan fingerprint density at radius 1 is 1.18 bits per heavy atom. The monoisotopic (exact) mass is 560 g/mol. The first-order valence-corrected chi connectivity index (χ1v) is 14.4. The van der Waals surface area contributed by atoms with Crippen molar-refractivity contribution in [1.29, 1.82) is 0 Å². The zero-order valence-electron chi connectivity index (χ0n) is 22.4. The molecule has 0 aliphatic heterocycles. The molecule has 0 radical (unpaired) electrons. The number of sulfonamides is 1. The average Bonchev–Trinajstić information content (AvgIpc) is 3.71. The van der Waals surface area contributed by atoms with Crippen molar-refractivity contribution in [2.24, 2.45) is 0 Å². The second kappa shape index (κ2) is 10.3. The van der Waals surface area contributed by atoms with E-state index in [9.17, 15) is 18.0 Å². The number of ketones is 1. The number of anilines is 1. The number of nitrogens with zero attached hydrogens (tertiary/aromatic N) is 2. The smallest absolute Gasteiger partial charge is 0.282 e. The van der Waals surface area contributed by atoms with Gasteiger partial charge in [0.05, 0.1) is 16.3 Å². The quantitative estimate of drug-likeness (QED) is 0.230. The normalized spacial score (nSPS) is 14.3. The fourth-order valence-corrected chi connectivity index (χ4v) is 6.21. The van der Waals surface area contributed by atoms with Crippen LogP contribution >= 0.6 is 0 Å². The fourth-order valence-electron chi connectivity index (χ4n) is 4.93. The van der Waals surface area contributed by atoms with Gasteiger partial charge >= 0.3 is 0 Å². The summed E-state index contributed by atoms with van der Waals surface area (Å²) in [6, 6.07) is 11.9. The lowest BCUT2D eigenvalue weighted by Crippen LogP contribution is -2.35. The first-order valence-electron chi connectivity index (χ1n) is 12.9. The van der Waals surface area contributed by atoms with Gasteiger partial charge in [0.25, 0.3) is 5.91 Å². The van der Waals surface area contributed by atoms with Gasteiger partial charge in [0.1, 0.15) is 17.3 Å². The highest BCUT2D eigenvalue weighted by molar-refractivity contribution is 7.91. The number of hydrogen-bond donors (Lipinski definition) is 2. The zero-order valence-corrected chi connectivity index (χ0v) is 23.2. The van der Waals surface area contributed by atoms with E-state index >= 15 is 4.39 Å². The Morgan fingerprint density at radius 3 is 2.58 bits per heavy atom. The summed E-state index contributed by atoms with van der Waals surface area (Å²) in [6.45, 7) is 4.78. The molecule has 3 N–H and O–H groups in total. The van der Waals surface area contributed by atoms with Gasteiger partial charge in [-0.3, -0.25) is 9.59 Å². The van der Waals surface area contributed by atoms with E-state index in [1.165, 1.54) is 13.0 Å². The number of nitrogens with one attached hydrogen (secondary N) is 1. The number of aryl methyl sites for hydroxylation is 1. The molecule has 206 valence electrons. The SMILES string of the molecule is C/C=C\C=C(/C(C)=O)c1c(C(=O)NS(=O)(=O)C2CC2)n(Cc2cc(N)nc3ccccc23)c2cc(F)c(C)cc12. The summed E-state index contributed by atoms with van der Waals surface area (Å²) in [5.74, 6) is -1.48. The van der Waals surface area contributed by atoms with Crippen LogP contribution in [0, 0.1) is 12.7 Å². The molecule has 10 heteroatoms. The number of para-hydroxylation sites is 1. The van der Waals surface area contributed by atoms with Crippen LogP contribution in [0.4, 0.5) is 10.2 Å². The molecule has 0 bridgehead atoms. The van der Waals surface area contributed by atoms with Crippen LogP contribution in [0.3, 0.4) is 0 Å². The highest BCUT2D eigenvalue weighted by Crippen LogP contribution is 2.36. The Hall–Kier alpha value is -4.31. The fraction of sp³-hybridized carbons (Fsp3) is 0.233. The van der Waals surface area contributed by atoms with Crippen molar-refractivity contribution in [3.63, 3.8) is 0 Å². The number of fused-ring (bicyclic) bond motifs is 2. The van der Waals surface area contributed by atoms with Crippen molar-refractivity contribution in [2.45, 2.75) is 45.4 Å². The Bertz CT molecular complexity index is 1870. The number of allylic oxidation sites excluding steroid dienone is 4. The summed E-state index contributed by atoms with van der Waals surface area (Å²) >= 11 is 0. The third-order valence-corrected chi connectivity index (χ3v) is 8.83. The van der Waals surface area contributed by atoms with Gasteiger partial charge in [0.2, 0.25) is 10.0 Å². The van der Waals surface area contributed by atoms with Gasteiger partial charge in [-0.05, 0) is 69.0 Å². The molecule has 0 saturated heterocycles. The maximum Gasteiger partial charge on any atom is 0.282 e. The lowest BCUT2D eigenvalue weighted by atomic mass is 9.97. The van der Waals surface area contributed by atoms with E-state index in [1.807, 2.05) is 18.2 Å².